The first-order valence-corrected chi connectivity index (χ1v) is 11.2. The van der Waals surface area contributed by atoms with Gasteiger partial charge in [-0.1, -0.05) is 32.0 Å². The molecule has 1 saturated heterocycles. The van der Waals surface area contributed by atoms with E-state index in [4.69, 9.17) is 0 Å². The number of nitrogens with zero attached hydrogens (tertiary/aromatic N) is 4. The summed E-state index contributed by atoms with van der Waals surface area (Å²) in [4.78, 5) is 31.4. The van der Waals surface area contributed by atoms with E-state index >= 15 is 0 Å². The van der Waals surface area contributed by atoms with Crippen molar-refractivity contribution < 1.29 is 4.79 Å². The average molecular weight is 424 g/mol. The lowest BCUT2D eigenvalue weighted by Gasteiger charge is -2.54. The van der Waals surface area contributed by atoms with E-state index in [9.17, 15) is 4.79 Å². The number of nitrogens with one attached hydrogen (secondary N) is 1. The van der Waals surface area contributed by atoms with Crippen LogP contribution in [0.5, 0.6) is 0 Å². The quantitative estimate of drug-likeness (QED) is 0.519. The Bertz CT molecular complexity index is 1330. The maximum Gasteiger partial charge on any atom is 0.254 e. The molecule has 0 saturated carbocycles. The zero-order valence-corrected chi connectivity index (χ0v) is 18.2. The number of hydrogen-bond acceptors (Lipinski definition) is 4. The molecule has 3 atom stereocenters. The molecule has 1 aliphatic heterocycles. The Balaban J connectivity index is 1.36. The van der Waals surface area contributed by atoms with E-state index in [1.807, 2.05) is 30.6 Å². The van der Waals surface area contributed by atoms with Crippen molar-refractivity contribution >= 4 is 16.9 Å². The molecule has 1 aliphatic carbocycles. The van der Waals surface area contributed by atoms with Gasteiger partial charge in [0.2, 0.25) is 0 Å². The van der Waals surface area contributed by atoms with Gasteiger partial charge in [-0.3, -0.25) is 4.79 Å². The summed E-state index contributed by atoms with van der Waals surface area (Å²) < 4.78 is 0. The van der Waals surface area contributed by atoms with Gasteiger partial charge in [0.25, 0.3) is 5.91 Å². The first-order chi connectivity index (χ1) is 15.5. The molecule has 4 aromatic rings. The minimum Gasteiger partial charge on any atom is -0.345 e. The van der Waals surface area contributed by atoms with Crippen LogP contribution in [-0.4, -0.2) is 43.3 Å². The first kappa shape index (κ1) is 19.2. The molecule has 1 amide bonds. The monoisotopic (exact) mass is 423 g/mol. The number of carbonyl (C=O) groups excluding carboxylic acids is 1. The summed E-state index contributed by atoms with van der Waals surface area (Å²) in [6.07, 6.45) is 8.79. The van der Waals surface area contributed by atoms with E-state index in [-0.39, 0.29) is 17.4 Å². The summed E-state index contributed by atoms with van der Waals surface area (Å²) in [6, 6.07) is 12.6. The van der Waals surface area contributed by atoms with E-state index in [1.54, 1.807) is 12.7 Å². The van der Waals surface area contributed by atoms with E-state index in [2.05, 4.69) is 56.9 Å². The number of benzene rings is 2. The Morgan fingerprint density at radius 2 is 1.97 bits per heavy atom. The predicted molar refractivity (Wildman–Crippen MR) is 123 cm³/mol. The standard InChI is InChI=1S/C26H25N5O/c1-16-24-11-18-4-3-17(20-12-27-14-28-13-20)9-21(18)26(16,2)7-8-31(24)25(32)19-5-6-22-23(10-19)30-15-29-22/h3-6,9-10,12-16,24H,7-8,11H2,1-2H3,(H,29,30)/t16-,24-,26-/m1/s1. The molecule has 160 valence electrons. The lowest BCUT2D eigenvalue weighted by atomic mass is 9.58. The fraction of sp³-hybridized carbons (Fsp3) is 0.308. The van der Waals surface area contributed by atoms with Crippen LogP contribution < -0.4 is 0 Å². The Morgan fingerprint density at radius 3 is 2.81 bits per heavy atom. The second-order valence-electron chi connectivity index (χ2n) is 9.36. The number of likely N-dealkylation sites (tertiary alicyclic amines) is 1. The third-order valence-electron chi connectivity index (χ3n) is 7.83. The number of carbonyl (C=O) groups is 1. The number of amides is 1. The minimum atomic E-state index is 0.0357. The molecule has 32 heavy (non-hydrogen) atoms. The van der Waals surface area contributed by atoms with Crippen LogP contribution in [0.25, 0.3) is 22.2 Å². The molecule has 0 unspecified atom stereocenters. The predicted octanol–water partition coefficient (Wildman–Crippen LogP) is 4.38. The number of rotatable bonds is 2. The van der Waals surface area contributed by atoms with Crippen LogP contribution in [0.1, 0.15) is 41.8 Å². The van der Waals surface area contributed by atoms with Crippen molar-refractivity contribution in [3.05, 3.63) is 78.1 Å². The molecular formula is C26H25N5O. The van der Waals surface area contributed by atoms with Crippen LogP contribution in [0, 0.1) is 5.92 Å². The van der Waals surface area contributed by atoms with Gasteiger partial charge in [-0.25, -0.2) is 15.0 Å². The van der Waals surface area contributed by atoms with Crippen LogP contribution in [0.3, 0.4) is 0 Å². The molecule has 0 radical (unpaired) electrons. The van der Waals surface area contributed by atoms with Gasteiger partial charge in [-0.2, -0.15) is 0 Å². The molecule has 0 spiro atoms. The molecule has 6 nitrogen and oxygen atoms in total. The van der Waals surface area contributed by atoms with E-state index in [1.165, 1.54) is 11.1 Å². The smallest absolute Gasteiger partial charge is 0.254 e. The van der Waals surface area contributed by atoms with E-state index in [0.717, 1.165) is 47.1 Å². The van der Waals surface area contributed by atoms with Crippen molar-refractivity contribution in [3.8, 4) is 11.1 Å². The Morgan fingerprint density at radius 1 is 1.12 bits per heavy atom. The third-order valence-corrected chi connectivity index (χ3v) is 7.83. The summed E-state index contributed by atoms with van der Waals surface area (Å²) >= 11 is 0. The van der Waals surface area contributed by atoms with Gasteiger partial charge in [0.1, 0.15) is 6.33 Å². The highest BCUT2D eigenvalue weighted by Gasteiger charge is 2.49. The van der Waals surface area contributed by atoms with Crippen molar-refractivity contribution in [1.82, 2.24) is 24.8 Å². The molecule has 6 rings (SSSR count). The number of fused-ring (bicyclic) bond motifs is 5. The highest BCUT2D eigenvalue weighted by Crippen LogP contribution is 2.49. The van der Waals surface area contributed by atoms with Gasteiger partial charge < -0.3 is 9.88 Å². The SMILES string of the molecule is C[C@@H]1[C@H]2Cc3ccc(-c4cncnc4)cc3[C@]1(C)CCN2C(=O)c1ccc2nc[nH]c2c1. The number of H-pyrrole nitrogens is 1. The van der Waals surface area contributed by atoms with Crippen molar-refractivity contribution in [2.24, 2.45) is 5.92 Å². The van der Waals surface area contributed by atoms with Crippen LogP contribution in [0.2, 0.25) is 0 Å². The Kier molecular flexibility index (Phi) is 4.18. The summed E-state index contributed by atoms with van der Waals surface area (Å²) in [6.45, 7) is 5.44. The summed E-state index contributed by atoms with van der Waals surface area (Å²) in [7, 11) is 0. The first-order valence-electron chi connectivity index (χ1n) is 11.2. The molecule has 2 bridgehead atoms. The summed E-state index contributed by atoms with van der Waals surface area (Å²) in [5, 5.41) is 0. The van der Waals surface area contributed by atoms with Crippen molar-refractivity contribution in [2.75, 3.05) is 6.54 Å². The maximum absolute atomic E-state index is 13.5. The average Bonchev–Trinajstić information content (AvgIpc) is 3.29. The lowest BCUT2D eigenvalue weighted by Crippen LogP contribution is -2.59. The molecule has 6 heteroatoms. The fourth-order valence-electron chi connectivity index (χ4n) is 5.73. The topological polar surface area (TPSA) is 74.8 Å². The van der Waals surface area contributed by atoms with Crippen molar-refractivity contribution in [2.45, 2.75) is 38.1 Å². The number of aromatic nitrogens is 4. The zero-order valence-electron chi connectivity index (χ0n) is 18.2. The highest BCUT2D eigenvalue weighted by molar-refractivity contribution is 5.97. The van der Waals surface area contributed by atoms with Gasteiger partial charge in [-0.15, -0.1) is 0 Å². The van der Waals surface area contributed by atoms with Gasteiger partial charge in [-0.05, 0) is 59.1 Å². The Hall–Kier alpha value is -3.54. The van der Waals surface area contributed by atoms with Crippen LogP contribution in [0.4, 0.5) is 0 Å². The number of piperidine rings is 1. The number of aromatic amines is 1. The third kappa shape index (κ3) is 2.79. The largest absolute Gasteiger partial charge is 0.345 e. The van der Waals surface area contributed by atoms with Gasteiger partial charge in [0.15, 0.2) is 0 Å². The molecule has 1 N–H and O–H groups in total. The van der Waals surface area contributed by atoms with Gasteiger partial charge in [0.05, 0.1) is 17.4 Å². The van der Waals surface area contributed by atoms with Gasteiger partial charge >= 0.3 is 0 Å². The molecular weight excluding hydrogens is 398 g/mol. The lowest BCUT2D eigenvalue weighted by molar-refractivity contribution is 0.0251. The highest BCUT2D eigenvalue weighted by atomic mass is 16.2. The molecule has 2 aliphatic rings. The summed E-state index contributed by atoms with van der Waals surface area (Å²) in [5.41, 5.74) is 7.49. The summed E-state index contributed by atoms with van der Waals surface area (Å²) in [5.74, 6) is 0.479. The number of imidazole rings is 1. The normalized spacial score (nSPS) is 24.4. The second-order valence-corrected chi connectivity index (χ2v) is 9.36. The van der Waals surface area contributed by atoms with E-state index < -0.39 is 0 Å². The number of hydrogen-bond donors (Lipinski definition) is 1. The maximum atomic E-state index is 13.5. The van der Waals surface area contributed by atoms with Gasteiger partial charge in [0, 0.05) is 36.1 Å². The fourth-order valence-corrected chi connectivity index (χ4v) is 5.73. The van der Waals surface area contributed by atoms with Crippen molar-refractivity contribution in [1.29, 1.82) is 0 Å². The molecule has 2 aromatic carbocycles. The molecule has 1 fully saturated rings. The zero-order chi connectivity index (χ0) is 21.9. The minimum absolute atomic E-state index is 0.0357. The van der Waals surface area contributed by atoms with Crippen molar-refractivity contribution in [3.63, 3.8) is 0 Å². The van der Waals surface area contributed by atoms with Crippen LogP contribution in [0.15, 0.2) is 61.4 Å². The molecule has 2 aromatic heterocycles. The molecule has 3 heterocycles. The van der Waals surface area contributed by atoms with E-state index in [0.29, 0.717) is 5.92 Å². The van der Waals surface area contributed by atoms with Crippen LogP contribution >= 0.6 is 0 Å². The second kappa shape index (κ2) is 6.99. The van der Waals surface area contributed by atoms with Crippen LogP contribution in [-0.2, 0) is 11.8 Å². The Labute approximate surface area is 186 Å².